The van der Waals surface area contributed by atoms with Gasteiger partial charge in [0.05, 0.1) is 15.5 Å². The zero-order valence-corrected chi connectivity index (χ0v) is 17.7. The van der Waals surface area contributed by atoms with Crippen LogP contribution in [0.1, 0.15) is 5.01 Å². The number of nitriles is 1. The van der Waals surface area contributed by atoms with Gasteiger partial charge in [-0.15, -0.1) is 11.3 Å². The number of hydrogen-bond acceptors (Lipinski definition) is 9. The molecule has 0 spiro atoms. The molecule has 3 aromatic rings. The molecule has 0 radical (unpaired) electrons. The molecule has 13 heteroatoms. The molecule has 0 aliphatic rings. The van der Waals surface area contributed by atoms with Crippen LogP contribution in [0.2, 0.25) is 0 Å². The molecule has 1 aromatic heterocycles. The Morgan fingerprint density at radius 2 is 1.97 bits per heavy atom. The number of hydrogen-bond donors (Lipinski definition) is 3. The summed E-state index contributed by atoms with van der Waals surface area (Å²) >= 11 is 1.19. The highest BCUT2D eigenvalue weighted by Gasteiger charge is 2.16. The van der Waals surface area contributed by atoms with Crippen molar-refractivity contribution in [3.63, 3.8) is 0 Å². The number of nitrogens with zero attached hydrogens (tertiary/aromatic N) is 3. The molecule has 11 nitrogen and oxygen atoms in total. The molecule has 0 atom stereocenters. The van der Waals surface area contributed by atoms with Gasteiger partial charge in [0.15, 0.2) is 0 Å². The summed E-state index contributed by atoms with van der Waals surface area (Å²) in [6.45, 7) is 0. The fraction of sp³-hybridized carbons (Fsp3) is 0. The van der Waals surface area contributed by atoms with Gasteiger partial charge in [-0.3, -0.25) is 10.1 Å². The lowest BCUT2D eigenvalue weighted by atomic mass is 10.1. The number of benzene rings is 2. The van der Waals surface area contributed by atoms with Crippen LogP contribution in [0.3, 0.4) is 0 Å². The van der Waals surface area contributed by atoms with Gasteiger partial charge in [0.2, 0.25) is 0 Å². The van der Waals surface area contributed by atoms with Crippen molar-refractivity contribution in [1.29, 1.82) is 5.26 Å². The van der Waals surface area contributed by atoms with Gasteiger partial charge in [0.25, 0.3) is 15.7 Å². The number of nitrogens with two attached hydrogens (primary N) is 1. The predicted octanol–water partition coefficient (Wildman–Crippen LogP) is 3.05. The van der Waals surface area contributed by atoms with Crippen molar-refractivity contribution in [2.45, 2.75) is 4.90 Å². The number of anilines is 1. The van der Waals surface area contributed by atoms with E-state index in [9.17, 15) is 28.6 Å². The first-order valence-electron chi connectivity index (χ1n) is 8.69. The third kappa shape index (κ3) is 5.25. The number of urea groups is 1. The van der Waals surface area contributed by atoms with Crippen molar-refractivity contribution < 1.29 is 18.1 Å². The Morgan fingerprint density at radius 1 is 1.25 bits per heavy atom. The summed E-state index contributed by atoms with van der Waals surface area (Å²) in [6.07, 6.45) is 1.40. The summed E-state index contributed by atoms with van der Waals surface area (Å²) in [7, 11) is -4.06. The molecule has 32 heavy (non-hydrogen) atoms. The Hall–Kier alpha value is -4.28. The number of nitrogens with one attached hydrogen (secondary N) is 2. The fourth-order valence-electron chi connectivity index (χ4n) is 2.53. The van der Waals surface area contributed by atoms with Crippen LogP contribution in [-0.2, 0) is 10.0 Å². The highest BCUT2D eigenvalue weighted by atomic mass is 32.2. The molecular formula is C19H14N6O5S2. The lowest BCUT2D eigenvalue weighted by Gasteiger charge is -2.06. The second-order valence-corrected chi connectivity index (χ2v) is 8.69. The smallest absolute Gasteiger partial charge is 0.326 e. The summed E-state index contributed by atoms with van der Waals surface area (Å²) in [5.74, 6) is 0. The zero-order valence-electron chi connectivity index (χ0n) is 16.1. The van der Waals surface area contributed by atoms with Gasteiger partial charge in [-0.05, 0) is 24.3 Å². The van der Waals surface area contributed by atoms with E-state index in [1.165, 1.54) is 53.9 Å². The molecular weight excluding hydrogens is 456 g/mol. The average molecular weight is 470 g/mol. The van der Waals surface area contributed by atoms with Crippen LogP contribution in [0.4, 0.5) is 16.2 Å². The van der Waals surface area contributed by atoms with Crippen LogP contribution in [-0.4, -0.2) is 24.4 Å². The third-order valence-corrected chi connectivity index (χ3v) is 6.23. The van der Waals surface area contributed by atoms with E-state index in [0.29, 0.717) is 22.0 Å². The predicted molar refractivity (Wildman–Crippen MR) is 118 cm³/mol. The summed E-state index contributed by atoms with van der Waals surface area (Å²) < 4.78 is 25.4. The van der Waals surface area contributed by atoms with E-state index in [1.54, 1.807) is 22.2 Å². The second kappa shape index (κ2) is 9.25. The van der Waals surface area contributed by atoms with Gasteiger partial charge in [-0.25, -0.2) is 22.9 Å². The highest BCUT2D eigenvalue weighted by Crippen LogP contribution is 2.28. The van der Waals surface area contributed by atoms with Crippen molar-refractivity contribution >= 4 is 44.3 Å². The standard InChI is InChI=1S/C19H14N6O5S2/c20-9-13(10-22-14-4-6-16(7-5-14)32(29,30)24-19(21)26)18-23-17(11-31-18)12-2-1-3-15(8-12)25(27)28/h1-8,10-11,22H,(H3,21,24,26)/b13-10+. The number of rotatable bonds is 7. The van der Waals surface area contributed by atoms with Gasteiger partial charge in [-0.2, -0.15) is 5.26 Å². The number of thiazole rings is 1. The number of non-ortho nitro benzene ring substituents is 1. The molecule has 0 saturated heterocycles. The molecule has 0 aliphatic heterocycles. The van der Waals surface area contributed by atoms with Gasteiger partial charge < -0.3 is 11.1 Å². The van der Waals surface area contributed by atoms with E-state index in [1.807, 2.05) is 6.07 Å². The highest BCUT2D eigenvalue weighted by molar-refractivity contribution is 7.90. The average Bonchev–Trinajstić information content (AvgIpc) is 3.24. The van der Waals surface area contributed by atoms with Crippen molar-refractivity contribution in [2.24, 2.45) is 5.73 Å². The minimum absolute atomic E-state index is 0.0637. The molecule has 2 aromatic carbocycles. The van der Waals surface area contributed by atoms with Gasteiger partial charge in [0, 0.05) is 35.0 Å². The Balaban J connectivity index is 1.78. The molecule has 0 unspecified atom stereocenters. The SMILES string of the molecule is N#C/C(=C\Nc1ccc(S(=O)(=O)NC(N)=O)cc1)c1nc(-c2cccc([N+](=O)[O-])c2)cs1. The maximum Gasteiger partial charge on any atom is 0.326 e. The normalized spacial score (nSPS) is 11.4. The Bertz CT molecular complexity index is 1360. The number of carbonyl (C=O) groups excluding carboxylic acids is 1. The molecule has 0 fully saturated rings. The first-order valence-corrected chi connectivity index (χ1v) is 11.1. The second-order valence-electron chi connectivity index (χ2n) is 6.15. The Morgan fingerprint density at radius 3 is 2.59 bits per heavy atom. The lowest BCUT2D eigenvalue weighted by molar-refractivity contribution is -0.384. The molecule has 4 N–H and O–H groups in total. The maximum absolute atomic E-state index is 11.9. The van der Waals surface area contributed by atoms with Gasteiger partial charge in [0.1, 0.15) is 16.6 Å². The van der Waals surface area contributed by atoms with Crippen molar-refractivity contribution in [3.05, 3.63) is 75.2 Å². The minimum Gasteiger partial charge on any atom is -0.360 e. The summed E-state index contributed by atoms with van der Waals surface area (Å²) in [5.41, 5.74) is 6.50. The van der Waals surface area contributed by atoms with Crippen molar-refractivity contribution in [1.82, 2.24) is 9.71 Å². The Kier molecular flexibility index (Phi) is 6.47. The summed E-state index contributed by atoms with van der Waals surface area (Å²) in [4.78, 5) is 25.5. The number of nitro groups is 1. The summed E-state index contributed by atoms with van der Waals surface area (Å²) in [5, 5.41) is 25.4. The summed E-state index contributed by atoms with van der Waals surface area (Å²) in [6, 6.07) is 12.2. The molecule has 0 bridgehead atoms. The van der Waals surface area contributed by atoms with Crippen molar-refractivity contribution in [2.75, 3.05) is 5.32 Å². The van der Waals surface area contributed by atoms with Crippen molar-refractivity contribution in [3.8, 4) is 17.3 Å². The minimum atomic E-state index is -4.06. The first-order chi connectivity index (χ1) is 15.2. The van der Waals surface area contributed by atoms with Crippen LogP contribution in [0, 0.1) is 21.4 Å². The fourth-order valence-corrected chi connectivity index (χ4v) is 4.20. The number of primary amides is 1. The topological polar surface area (TPSA) is 181 Å². The third-order valence-electron chi connectivity index (χ3n) is 3.99. The van der Waals surface area contributed by atoms with E-state index in [2.05, 4.69) is 10.3 Å². The van der Waals surface area contributed by atoms with Crippen LogP contribution >= 0.6 is 11.3 Å². The van der Waals surface area contributed by atoms with E-state index in [0.717, 1.165) is 0 Å². The molecule has 2 amide bonds. The number of sulfonamides is 1. The number of allylic oxidation sites excluding steroid dienone is 1. The molecule has 3 rings (SSSR count). The number of carbonyl (C=O) groups is 1. The largest absolute Gasteiger partial charge is 0.360 e. The van der Waals surface area contributed by atoms with Crippen LogP contribution in [0.15, 0.2) is 65.0 Å². The van der Waals surface area contributed by atoms with E-state index >= 15 is 0 Å². The van der Waals surface area contributed by atoms with E-state index in [4.69, 9.17) is 5.73 Å². The monoisotopic (exact) mass is 470 g/mol. The van der Waals surface area contributed by atoms with Gasteiger partial charge in [-0.1, -0.05) is 12.1 Å². The lowest BCUT2D eigenvalue weighted by Crippen LogP contribution is -2.34. The van der Waals surface area contributed by atoms with Gasteiger partial charge >= 0.3 is 6.03 Å². The van der Waals surface area contributed by atoms with E-state index in [-0.39, 0.29) is 16.2 Å². The maximum atomic E-state index is 11.9. The zero-order chi connectivity index (χ0) is 23.3. The number of aromatic nitrogens is 1. The Labute approximate surface area is 186 Å². The number of nitro benzene ring substituents is 1. The van der Waals surface area contributed by atoms with Crippen LogP contribution < -0.4 is 15.8 Å². The van der Waals surface area contributed by atoms with E-state index < -0.39 is 21.0 Å². The molecule has 0 aliphatic carbocycles. The molecule has 1 heterocycles. The first kappa shape index (κ1) is 22.4. The molecule has 0 saturated carbocycles. The molecule has 162 valence electrons. The van der Waals surface area contributed by atoms with Crippen LogP contribution in [0.25, 0.3) is 16.8 Å². The number of amides is 2. The van der Waals surface area contributed by atoms with Crippen LogP contribution in [0.5, 0.6) is 0 Å². The quantitative estimate of drug-likeness (QED) is 0.267.